The van der Waals surface area contributed by atoms with E-state index in [0.29, 0.717) is 6.54 Å². The summed E-state index contributed by atoms with van der Waals surface area (Å²) in [5.74, 6) is -0.682. The Bertz CT molecular complexity index is 556. The lowest BCUT2D eigenvalue weighted by Gasteiger charge is -2.33. The number of halogens is 1. The zero-order chi connectivity index (χ0) is 14.0. The Kier molecular flexibility index (Phi) is 4.23. The van der Waals surface area contributed by atoms with Crippen LogP contribution in [0.1, 0.15) is 24.8 Å². The van der Waals surface area contributed by atoms with Gasteiger partial charge >= 0.3 is 0 Å². The molecule has 1 aliphatic carbocycles. The molecule has 19 heavy (non-hydrogen) atoms. The highest BCUT2D eigenvalue weighted by molar-refractivity contribution is 7.89. The summed E-state index contributed by atoms with van der Waals surface area (Å²) < 4.78 is 39.9. The van der Waals surface area contributed by atoms with Crippen LogP contribution in [0.2, 0.25) is 0 Å². The zero-order valence-corrected chi connectivity index (χ0v) is 12.0. The van der Waals surface area contributed by atoms with E-state index in [-0.39, 0.29) is 10.9 Å². The molecule has 1 aromatic carbocycles. The largest absolute Gasteiger partial charge is 0.316 e. The second-order valence-electron chi connectivity index (χ2n) is 4.90. The molecular weight excluding hydrogens is 267 g/mol. The van der Waals surface area contributed by atoms with Crippen LogP contribution in [-0.4, -0.2) is 32.9 Å². The van der Waals surface area contributed by atoms with E-state index in [9.17, 15) is 12.8 Å². The number of rotatable bonds is 5. The molecule has 0 heterocycles. The predicted molar refractivity (Wildman–Crippen MR) is 71.8 cm³/mol. The normalized spacial score (nSPS) is 16.6. The highest BCUT2D eigenvalue weighted by Crippen LogP contribution is 2.29. The molecule has 0 aliphatic heterocycles. The van der Waals surface area contributed by atoms with Crippen LogP contribution in [0.4, 0.5) is 4.39 Å². The molecule has 2 rings (SSSR count). The van der Waals surface area contributed by atoms with Crippen LogP contribution in [0.5, 0.6) is 0 Å². The van der Waals surface area contributed by atoms with Crippen molar-refractivity contribution in [3.8, 4) is 0 Å². The van der Waals surface area contributed by atoms with Crippen LogP contribution < -0.4 is 5.32 Å². The van der Waals surface area contributed by atoms with Crippen LogP contribution in [0, 0.1) is 5.82 Å². The third-order valence-electron chi connectivity index (χ3n) is 3.62. The Morgan fingerprint density at radius 2 is 2.11 bits per heavy atom. The Hall–Kier alpha value is -0.980. The van der Waals surface area contributed by atoms with Gasteiger partial charge in [-0.25, -0.2) is 12.8 Å². The summed E-state index contributed by atoms with van der Waals surface area (Å²) in [7, 11) is -0.439. The maximum Gasteiger partial charge on any atom is 0.245 e. The fraction of sp³-hybridized carbons (Fsp3) is 0.538. The quantitative estimate of drug-likeness (QED) is 0.896. The van der Waals surface area contributed by atoms with Gasteiger partial charge in [-0.15, -0.1) is 0 Å². The summed E-state index contributed by atoms with van der Waals surface area (Å²) in [6.07, 6.45) is 2.75. The fourth-order valence-electron chi connectivity index (χ4n) is 2.17. The minimum Gasteiger partial charge on any atom is -0.316 e. The first-order valence-electron chi connectivity index (χ1n) is 6.38. The molecule has 106 valence electrons. The third kappa shape index (κ3) is 2.80. The van der Waals surface area contributed by atoms with Gasteiger partial charge < -0.3 is 5.32 Å². The standard InChI is InChI=1S/C13H19FN2O2S/c1-15-9-10-6-7-13(12(14)8-10)19(17,18)16(2)11-4-3-5-11/h6-8,11,15H,3-5,9H2,1-2H3. The third-order valence-corrected chi connectivity index (χ3v) is 5.57. The first kappa shape index (κ1) is 14.4. The van der Waals surface area contributed by atoms with Gasteiger partial charge in [-0.05, 0) is 37.6 Å². The molecule has 0 unspecified atom stereocenters. The van der Waals surface area contributed by atoms with E-state index in [1.54, 1.807) is 13.1 Å². The first-order valence-corrected chi connectivity index (χ1v) is 7.82. The van der Waals surface area contributed by atoms with Gasteiger partial charge in [0.1, 0.15) is 10.7 Å². The topological polar surface area (TPSA) is 49.4 Å². The Labute approximate surface area is 113 Å². The molecule has 1 N–H and O–H groups in total. The Balaban J connectivity index is 2.29. The molecule has 0 aromatic heterocycles. The van der Waals surface area contributed by atoms with Crippen molar-refractivity contribution in [3.05, 3.63) is 29.6 Å². The van der Waals surface area contributed by atoms with E-state index in [0.717, 1.165) is 24.8 Å². The minimum atomic E-state index is -3.72. The number of sulfonamides is 1. The number of nitrogens with zero attached hydrogens (tertiary/aromatic N) is 1. The maximum absolute atomic E-state index is 14.0. The molecule has 6 heteroatoms. The minimum absolute atomic E-state index is 0.0152. The van der Waals surface area contributed by atoms with Gasteiger partial charge in [-0.1, -0.05) is 12.5 Å². The summed E-state index contributed by atoms with van der Waals surface area (Å²) in [5, 5.41) is 2.90. The van der Waals surface area contributed by atoms with Crippen molar-refractivity contribution in [1.29, 1.82) is 0 Å². The van der Waals surface area contributed by atoms with Crippen LogP contribution in [0.15, 0.2) is 23.1 Å². The first-order chi connectivity index (χ1) is 8.96. The van der Waals surface area contributed by atoms with Gasteiger partial charge in [-0.2, -0.15) is 4.31 Å². The van der Waals surface area contributed by atoms with Crippen molar-refractivity contribution in [3.63, 3.8) is 0 Å². The van der Waals surface area contributed by atoms with Gasteiger partial charge in [0.25, 0.3) is 0 Å². The van der Waals surface area contributed by atoms with E-state index in [1.165, 1.54) is 23.5 Å². The van der Waals surface area contributed by atoms with Crippen molar-refractivity contribution >= 4 is 10.0 Å². The van der Waals surface area contributed by atoms with Gasteiger partial charge in [-0.3, -0.25) is 0 Å². The second kappa shape index (κ2) is 5.56. The maximum atomic E-state index is 14.0. The molecule has 0 atom stereocenters. The summed E-state index contributed by atoms with van der Waals surface area (Å²) in [6.45, 7) is 0.510. The Morgan fingerprint density at radius 1 is 1.42 bits per heavy atom. The fourth-order valence-corrected chi connectivity index (χ4v) is 3.63. The van der Waals surface area contributed by atoms with E-state index in [1.807, 2.05) is 0 Å². The van der Waals surface area contributed by atoms with Crippen molar-refractivity contribution in [2.45, 2.75) is 36.7 Å². The van der Waals surface area contributed by atoms with Crippen molar-refractivity contribution in [1.82, 2.24) is 9.62 Å². The molecular formula is C13H19FN2O2S. The molecule has 0 spiro atoms. The van der Waals surface area contributed by atoms with Crippen molar-refractivity contribution in [2.24, 2.45) is 0 Å². The average Bonchev–Trinajstić information content (AvgIpc) is 2.26. The molecule has 0 bridgehead atoms. The van der Waals surface area contributed by atoms with E-state index >= 15 is 0 Å². The highest BCUT2D eigenvalue weighted by atomic mass is 32.2. The molecule has 4 nitrogen and oxygen atoms in total. The molecule has 0 saturated heterocycles. The number of benzene rings is 1. The lowest BCUT2D eigenvalue weighted by molar-refractivity contribution is 0.249. The summed E-state index contributed by atoms with van der Waals surface area (Å²) in [5.41, 5.74) is 0.727. The second-order valence-corrected chi connectivity index (χ2v) is 6.87. The summed E-state index contributed by atoms with van der Waals surface area (Å²) in [4.78, 5) is -0.234. The van der Waals surface area contributed by atoms with Gasteiger partial charge in [0.05, 0.1) is 0 Å². The molecule has 1 saturated carbocycles. The molecule has 0 radical (unpaired) electrons. The highest BCUT2D eigenvalue weighted by Gasteiger charge is 2.33. The van der Waals surface area contributed by atoms with Crippen LogP contribution in [0.3, 0.4) is 0 Å². The van der Waals surface area contributed by atoms with Gasteiger partial charge in [0.2, 0.25) is 10.0 Å². The molecule has 1 aliphatic rings. The van der Waals surface area contributed by atoms with E-state index < -0.39 is 15.8 Å². The molecule has 0 amide bonds. The smallest absolute Gasteiger partial charge is 0.245 e. The van der Waals surface area contributed by atoms with Gasteiger partial charge in [0.15, 0.2) is 0 Å². The van der Waals surface area contributed by atoms with Crippen molar-refractivity contribution in [2.75, 3.05) is 14.1 Å². The average molecular weight is 286 g/mol. The van der Waals surface area contributed by atoms with Crippen LogP contribution >= 0.6 is 0 Å². The predicted octanol–water partition coefficient (Wildman–Crippen LogP) is 1.72. The van der Waals surface area contributed by atoms with E-state index in [2.05, 4.69) is 5.32 Å². The number of hydrogen-bond donors (Lipinski definition) is 1. The molecule has 1 aromatic rings. The zero-order valence-electron chi connectivity index (χ0n) is 11.2. The summed E-state index contributed by atoms with van der Waals surface area (Å²) in [6, 6.07) is 4.28. The molecule has 1 fully saturated rings. The number of nitrogens with one attached hydrogen (secondary N) is 1. The number of hydrogen-bond acceptors (Lipinski definition) is 3. The van der Waals surface area contributed by atoms with Crippen LogP contribution in [-0.2, 0) is 16.6 Å². The lowest BCUT2D eigenvalue weighted by Crippen LogP contribution is -2.41. The van der Waals surface area contributed by atoms with E-state index in [4.69, 9.17) is 0 Å². The SMILES string of the molecule is CNCc1ccc(S(=O)(=O)N(C)C2CCC2)c(F)c1. The Morgan fingerprint density at radius 3 is 2.58 bits per heavy atom. The van der Waals surface area contributed by atoms with Crippen LogP contribution in [0.25, 0.3) is 0 Å². The van der Waals surface area contributed by atoms with Crippen molar-refractivity contribution < 1.29 is 12.8 Å². The van der Waals surface area contributed by atoms with Gasteiger partial charge in [0, 0.05) is 19.6 Å². The monoisotopic (exact) mass is 286 g/mol. The lowest BCUT2D eigenvalue weighted by atomic mass is 9.94. The summed E-state index contributed by atoms with van der Waals surface area (Å²) >= 11 is 0.